The topological polar surface area (TPSA) is 47.7 Å². The summed E-state index contributed by atoms with van der Waals surface area (Å²) < 4.78 is 11.7. The molecule has 116 valence electrons. The summed E-state index contributed by atoms with van der Waals surface area (Å²) in [4.78, 5) is 2.74. The van der Waals surface area contributed by atoms with Gasteiger partial charge in [0, 0.05) is 37.8 Å². The van der Waals surface area contributed by atoms with Crippen molar-refractivity contribution in [1.29, 1.82) is 0 Å². The highest BCUT2D eigenvalue weighted by atomic mass is 16.6. The fourth-order valence-corrected chi connectivity index (χ4v) is 4.40. The predicted molar refractivity (Wildman–Crippen MR) is 79.8 cm³/mol. The number of hydrogen-bond donors (Lipinski definition) is 1. The molecule has 2 aliphatic heterocycles. The maximum absolute atomic E-state index is 6.08. The fraction of sp³-hybridized carbons (Fsp3) is 1.00. The molecule has 1 spiro atoms. The van der Waals surface area contributed by atoms with E-state index in [-0.39, 0.29) is 5.60 Å². The van der Waals surface area contributed by atoms with Crippen molar-refractivity contribution in [1.82, 2.24) is 4.90 Å². The minimum absolute atomic E-state index is 0.0292. The van der Waals surface area contributed by atoms with Crippen molar-refractivity contribution < 1.29 is 9.47 Å². The largest absolute Gasteiger partial charge is 0.378 e. The molecule has 0 bridgehead atoms. The van der Waals surface area contributed by atoms with Crippen LogP contribution in [0.2, 0.25) is 0 Å². The van der Waals surface area contributed by atoms with Crippen molar-refractivity contribution in [3.8, 4) is 0 Å². The van der Waals surface area contributed by atoms with Crippen molar-refractivity contribution in [3.63, 3.8) is 0 Å². The maximum Gasteiger partial charge on any atom is 0.0951 e. The molecule has 0 aromatic carbocycles. The van der Waals surface area contributed by atoms with Gasteiger partial charge in [-0.05, 0) is 45.1 Å². The third kappa shape index (κ3) is 3.03. The van der Waals surface area contributed by atoms with Gasteiger partial charge in [-0.3, -0.25) is 4.90 Å². The van der Waals surface area contributed by atoms with Crippen LogP contribution in [0.5, 0.6) is 0 Å². The monoisotopic (exact) mass is 282 g/mol. The van der Waals surface area contributed by atoms with E-state index in [2.05, 4.69) is 11.8 Å². The van der Waals surface area contributed by atoms with Crippen LogP contribution >= 0.6 is 0 Å². The second kappa shape index (κ2) is 6.30. The van der Waals surface area contributed by atoms with Crippen molar-refractivity contribution in [2.24, 2.45) is 5.73 Å². The molecule has 1 saturated carbocycles. The van der Waals surface area contributed by atoms with Gasteiger partial charge in [-0.1, -0.05) is 6.92 Å². The van der Waals surface area contributed by atoms with Gasteiger partial charge in [-0.2, -0.15) is 0 Å². The molecule has 4 heteroatoms. The standard InChI is InChI=1S/C16H30N2O2/c1-2-18(14-5-3-13(17)4-6-14)15-7-9-20-16(11-15)8-10-19-12-16/h13-15H,2-12,17H2,1H3. The van der Waals surface area contributed by atoms with Gasteiger partial charge in [-0.25, -0.2) is 0 Å². The summed E-state index contributed by atoms with van der Waals surface area (Å²) >= 11 is 0. The molecule has 0 amide bonds. The maximum atomic E-state index is 6.08. The second-order valence-corrected chi connectivity index (χ2v) is 6.88. The van der Waals surface area contributed by atoms with E-state index in [1.54, 1.807) is 0 Å². The van der Waals surface area contributed by atoms with E-state index >= 15 is 0 Å². The average Bonchev–Trinajstić information content (AvgIpc) is 2.90. The van der Waals surface area contributed by atoms with E-state index in [4.69, 9.17) is 15.2 Å². The van der Waals surface area contributed by atoms with Gasteiger partial charge < -0.3 is 15.2 Å². The van der Waals surface area contributed by atoms with Crippen LogP contribution in [0, 0.1) is 0 Å². The Kier molecular flexibility index (Phi) is 4.65. The molecule has 2 atom stereocenters. The van der Waals surface area contributed by atoms with Crippen LogP contribution in [-0.4, -0.2) is 55.0 Å². The molecule has 20 heavy (non-hydrogen) atoms. The minimum Gasteiger partial charge on any atom is -0.378 e. The molecule has 3 rings (SSSR count). The summed E-state index contributed by atoms with van der Waals surface area (Å²) in [7, 11) is 0. The lowest BCUT2D eigenvalue weighted by molar-refractivity contribution is -0.112. The normalized spacial score (nSPS) is 42.5. The number of nitrogens with two attached hydrogens (primary N) is 1. The Hall–Kier alpha value is -0.160. The van der Waals surface area contributed by atoms with Gasteiger partial charge in [0.05, 0.1) is 12.2 Å². The summed E-state index contributed by atoms with van der Waals surface area (Å²) in [5.41, 5.74) is 6.09. The van der Waals surface area contributed by atoms with Crippen molar-refractivity contribution in [3.05, 3.63) is 0 Å². The van der Waals surface area contributed by atoms with E-state index in [1.165, 1.54) is 32.1 Å². The van der Waals surface area contributed by atoms with Gasteiger partial charge in [-0.15, -0.1) is 0 Å². The highest BCUT2D eigenvalue weighted by Crippen LogP contribution is 2.36. The van der Waals surface area contributed by atoms with E-state index in [0.717, 1.165) is 45.2 Å². The Morgan fingerprint density at radius 2 is 1.90 bits per heavy atom. The van der Waals surface area contributed by atoms with Gasteiger partial charge in [0.2, 0.25) is 0 Å². The zero-order valence-electron chi connectivity index (χ0n) is 12.9. The zero-order chi connectivity index (χ0) is 14.0. The zero-order valence-corrected chi connectivity index (χ0v) is 12.9. The quantitative estimate of drug-likeness (QED) is 0.859. The molecular formula is C16H30N2O2. The predicted octanol–water partition coefficient (Wildman–Crippen LogP) is 1.92. The molecule has 0 radical (unpaired) electrons. The van der Waals surface area contributed by atoms with E-state index in [1.807, 2.05) is 0 Å². The lowest BCUT2D eigenvalue weighted by atomic mass is 9.85. The Balaban J connectivity index is 1.63. The van der Waals surface area contributed by atoms with E-state index < -0.39 is 0 Å². The lowest BCUT2D eigenvalue weighted by Gasteiger charge is -2.46. The molecule has 0 aromatic rings. The molecule has 3 fully saturated rings. The lowest BCUT2D eigenvalue weighted by Crippen LogP contribution is -2.53. The van der Waals surface area contributed by atoms with Crippen LogP contribution in [0.1, 0.15) is 51.9 Å². The second-order valence-electron chi connectivity index (χ2n) is 6.88. The van der Waals surface area contributed by atoms with Crippen LogP contribution in [0.25, 0.3) is 0 Å². The van der Waals surface area contributed by atoms with Gasteiger partial charge in [0.1, 0.15) is 0 Å². The molecule has 2 N–H and O–H groups in total. The molecule has 2 heterocycles. The van der Waals surface area contributed by atoms with Crippen molar-refractivity contribution in [2.75, 3.05) is 26.4 Å². The highest BCUT2D eigenvalue weighted by molar-refractivity contribution is 4.95. The number of nitrogens with zero attached hydrogens (tertiary/aromatic N) is 1. The fourth-order valence-electron chi connectivity index (χ4n) is 4.40. The summed E-state index contributed by atoms with van der Waals surface area (Å²) in [6, 6.07) is 1.85. The molecular weight excluding hydrogens is 252 g/mol. The minimum atomic E-state index is 0.0292. The third-order valence-electron chi connectivity index (χ3n) is 5.58. The van der Waals surface area contributed by atoms with Crippen LogP contribution < -0.4 is 5.73 Å². The van der Waals surface area contributed by atoms with Crippen molar-refractivity contribution >= 4 is 0 Å². The summed E-state index contributed by atoms with van der Waals surface area (Å²) in [5.74, 6) is 0. The van der Waals surface area contributed by atoms with Crippen LogP contribution in [0.4, 0.5) is 0 Å². The van der Waals surface area contributed by atoms with Gasteiger partial charge in [0.15, 0.2) is 0 Å². The Morgan fingerprint density at radius 3 is 2.55 bits per heavy atom. The molecule has 2 unspecified atom stereocenters. The average molecular weight is 282 g/mol. The number of ether oxygens (including phenoxy) is 2. The smallest absolute Gasteiger partial charge is 0.0951 e. The van der Waals surface area contributed by atoms with E-state index in [0.29, 0.717) is 12.1 Å². The molecule has 2 saturated heterocycles. The van der Waals surface area contributed by atoms with Gasteiger partial charge in [0.25, 0.3) is 0 Å². The first kappa shape index (κ1) is 14.8. The molecule has 1 aliphatic carbocycles. The number of rotatable bonds is 3. The van der Waals surface area contributed by atoms with E-state index in [9.17, 15) is 0 Å². The Morgan fingerprint density at radius 1 is 1.10 bits per heavy atom. The number of hydrogen-bond acceptors (Lipinski definition) is 4. The highest BCUT2D eigenvalue weighted by Gasteiger charge is 2.43. The summed E-state index contributed by atoms with van der Waals surface area (Å²) in [5, 5.41) is 0. The molecule has 4 nitrogen and oxygen atoms in total. The first-order valence-electron chi connectivity index (χ1n) is 8.45. The molecule has 0 aromatic heterocycles. The summed E-state index contributed by atoms with van der Waals surface area (Å²) in [6.45, 7) is 6.04. The van der Waals surface area contributed by atoms with Crippen molar-refractivity contribution in [2.45, 2.75) is 75.6 Å². The molecule has 3 aliphatic rings. The SMILES string of the molecule is CCN(C1CCC(N)CC1)C1CCOC2(CCOC2)C1. The third-order valence-corrected chi connectivity index (χ3v) is 5.58. The Bertz CT molecular complexity index is 310. The first-order valence-corrected chi connectivity index (χ1v) is 8.45. The summed E-state index contributed by atoms with van der Waals surface area (Å²) in [6.07, 6.45) is 8.35. The van der Waals surface area contributed by atoms with Crippen LogP contribution in [0.15, 0.2) is 0 Å². The first-order chi connectivity index (χ1) is 9.72. The van der Waals surface area contributed by atoms with Crippen LogP contribution in [0.3, 0.4) is 0 Å². The van der Waals surface area contributed by atoms with Gasteiger partial charge >= 0.3 is 0 Å². The Labute approximate surface area is 123 Å². The van der Waals surface area contributed by atoms with Crippen LogP contribution in [-0.2, 0) is 9.47 Å².